The van der Waals surface area contributed by atoms with Gasteiger partial charge in [-0.3, -0.25) is 14.3 Å². The zero-order valence-corrected chi connectivity index (χ0v) is 11.4. The van der Waals surface area contributed by atoms with Gasteiger partial charge in [0.2, 0.25) is 0 Å². The minimum absolute atomic E-state index is 0.188. The fraction of sp³-hybridized carbons (Fsp3) is 0.286. The minimum atomic E-state index is -1.11. The predicted molar refractivity (Wildman–Crippen MR) is 71.2 cm³/mol. The molecule has 104 valence electrons. The van der Waals surface area contributed by atoms with Crippen LogP contribution in [0.4, 0.5) is 0 Å². The predicted octanol–water partition coefficient (Wildman–Crippen LogP) is 1.13. The number of methoxy groups -OCH3 is 1. The molecule has 2 aromatic rings. The number of rotatable bonds is 4. The Morgan fingerprint density at radius 1 is 1.25 bits per heavy atom. The summed E-state index contributed by atoms with van der Waals surface area (Å²) < 4.78 is 5.91. The van der Waals surface area contributed by atoms with Crippen LogP contribution in [0.5, 0.6) is 0 Å². The molecular weight excluding hydrogens is 260 g/mol. The van der Waals surface area contributed by atoms with Crippen LogP contribution in [0.15, 0.2) is 24.3 Å². The second-order valence-electron chi connectivity index (χ2n) is 4.43. The number of ether oxygens (including phenoxy) is 1. The highest BCUT2D eigenvalue weighted by molar-refractivity contribution is 6.39. The van der Waals surface area contributed by atoms with E-state index in [2.05, 4.69) is 9.84 Å². The van der Waals surface area contributed by atoms with E-state index in [0.717, 1.165) is 12.6 Å². The first-order chi connectivity index (χ1) is 9.47. The standard InChI is InChI=1S/C14H14N2O4/c1-8(13(18)14(19)20-3)12(17)11-9-6-4-5-7-10(9)16(2)15-11/h4-8H,1-3H3. The van der Waals surface area contributed by atoms with Crippen molar-refractivity contribution in [2.45, 2.75) is 6.92 Å². The number of carbonyl (C=O) groups excluding carboxylic acids is 3. The van der Waals surface area contributed by atoms with Crippen molar-refractivity contribution in [1.29, 1.82) is 0 Å². The van der Waals surface area contributed by atoms with Gasteiger partial charge in [0.25, 0.3) is 5.78 Å². The Labute approximate surface area is 115 Å². The Balaban J connectivity index is 2.42. The number of ketones is 2. The second-order valence-corrected chi connectivity index (χ2v) is 4.43. The summed E-state index contributed by atoms with van der Waals surface area (Å²) in [6.45, 7) is 1.38. The van der Waals surface area contributed by atoms with E-state index in [1.807, 2.05) is 12.1 Å². The molecule has 1 aromatic carbocycles. The van der Waals surface area contributed by atoms with Crippen molar-refractivity contribution in [2.24, 2.45) is 13.0 Å². The largest absolute Gasteiger partial charge is 0.463 e. The maximum Gasteiger partial charge on any atom is 0.375 e. The quantitative estimate of drug-likeness (QED) is 0.361. The van der Waals surface area contributed by atoms with Gasteiger partial charge >= 0.3 is 5.97 Å². The van der Waals surface area contributed by atoms with Gasteiger partial charge < -0.3 is 4.74 Å². The topological polar surface area (TPSA) is 78.3 Å². The van der Waals surface area contributed by atoms with Crippen LogP contribution in [0.3, 0.4) is 0 Å². The van der Waals surface area contributed by atoms with Crippen molar-refractivity contribution in [3.8, 4) is 0 Å². The van der Waals surface area contributed by atoms with E-state index in [4.69, 9.17) is 0 Å². The van der Waals surface area contributed by atoms with E-state index in [1.165, 1.54) is 6.92 Å². The highest BCUT2D eigenvalue weighted by Crippen LogP contribution is 2.20. The first-order valence-corrected chi connectivity index (χ1v) is 6.05. The number of esters is 1. The molecule has 1 aromatic heterocycles. The number of hydrogen-bond donors (Lipinski definition) is 0. The molecule has 0 N–H and O–H groups in total. The lowest BCUT2D eigenvalue weighted by atomic mass is 9.97. The van der Waals surface area contributed by atoms with Crippen molar-refractivity contribution in [3.05, 3.63) is 30.0 Å². The van der Waals surface area contributed by atoms with E-state index >= 15 is 0 Å². The number of benzene rings is 1. The summed E-state index contributed by atoms with van der Waals surface area (Å²) in [6, 6.07) is 7.20. The Morgan fingerprint density at radius 3 is 2.55 bits per heavy atom. The number of para-hydroxylation sites is 1. The van der Waals surface area contributed by atoms with Gasteiger partial charge in [-0.1, -0.05) is 18.2 Å². The molecule has 6 heteroatoms. The second kappa shape index (κ2) is 5.24. The molecule has 20 heavy (non-hydrogen) atoms. The lowest BCUT2D eigenvalue weighted by molar-refractivity contribution is -0.152. The molecule has 1 heterocycles. The summed E-state index contributed by atoms with van der Waals surface area (Å²) in [4.78, 5) is 35.2. The average molecular weight is 274 g/mol. The molecule has 2 rings (SSSR count). The fourth-order valence-electron chi connectivity index (χ4n) is 2.00. The van der Waals surface area contributed by atoms with E-state index in [-0.39, 0.29) is 5.69 Å². The Hall–Kier alpha value is -2.50. The monoisotopic (exact) mass is 274 g/mol. The third-order valence-electron chi connectivity index (χ3n) is 3.16. The molecule has 0 fully saturated rings. The first kappa shape index (κ1) is 13.9. The highest BCUT2D eigenvalue weighted by Gasteiger charge is 2.31. The normalized spacial score (nSPS) is 12.2. The van der Waals surface area contributed by atoms with Crippen molar-refractivity contribution in [1.82, 2.24) is 9.78 Å². The highest BCUT2D eigenvalue weighted by atomic mass is 16.5. The fourth-order valence-corrected chi connectivity index (χ4v) is 2.00. The van der Waals surface area contributed by atoms with Crippen LogP contribution in [-0.2, 0) is 21.4 Å². The van der Waals surface area contributed by atoms with Gasteiger partial charge in [-0.25, -0.2) is 4.79 Å². The maximum absolute atomic E-state index is 12.3. The number of fused-ring (bicyclic) bond motifs is 1. The molecule has 0 saturated heterocycles. The van der Waals surface area contributed by atoms with Gasteiger partial charge in [0.1, 0.15) is 5.69 Å². The molecule has 1 atom stereocenters. The van der Waals surface area contributed by atoms with Gasteiger partial charge in [0.05, 0.1) is 18.5 Å². The zero-order chi connectivity index (χ0) is 14.9. The molecule has 0 radical (unpaired) electrons. The summed E-state index contributed by atoms with van der Waals surface area (Å²) >= 11 is 0. The lowest BCUT2D eigenvalue weighted by Crippen LogP contribution is -2.29. The van der Waals surface area contributed by atoms with Crippen LogP contribution >= 0.6 is 0 Å². The molecule has 0 spiro atoms. The van der Waals surface area contributed by atoms with Gasteiger partial charge in [0.15, 0.2) is 5.78 Å². The van der Waals surface area contributed by atoms with Crippen molar-refractivity contribution >= 4 is 28.4 Å². The number of aromatic nitrogens is 2. The van der Waals surface area contributed by atoms with Crippen LogP contribution < -0.4 is 0 Å². The van der Waals surface area contributed by atoms with Crippen molar-refractivity contribution in [3.63, 3.8) is 0 Å². The van der Waals surface area contributed by atoms with Crippen LogP contribution in [0.2, 0.25) is 0 Å². The number of nitrogens with zero attached hydrogens (tertiary/aromatic N) is 2. The zero-order valence-electron chi connectivity index (χ0n) is 11.4. The van der Waals surface area contributed by atoms with Gasteiger partial charge in [-0.2, -0.15) is 5.10 Å². The number of carbonyl (C=O) groups is 3. The van der Waals surface area contributed by atoms with Crippen LogP contribution in [0.1, 0.15) is 17.4 Å². The Morgan fingerprint density at radius 2 is 1.90 bits per heavy atom. The lowest BCUT2D eigenvalue weighted by Gasteiger charge is -2.06. The summed E-state index contributed by atoms with van der Waals surface area (Å²) in [6.07, 6.45) is 0. The molecule has 1 unspecified atom stereocenters. The number of hydrogen-bond acceptors (Lipinski definition) is 5. The van der Waals surface area contributed by atoms with Crippen molar-refractivity contribution < 1.29 is 19.1 Å². The molecule has 0 saturated carbocycles. The summed E-state index contributed by atoms with van der Waals surface area (Å²) in [5.74, 6) is -3.49. The molecule has 0 aliphatic carbocycles. The van der Waals surface area contributed by atoms with Gasteiger partial charge in [-0.15, -0.1) is 0 Å². The molecule has 0 amide bonds. The smallest absolute Gasteiger partial charge is 0.375 e. The van der Waals surface area contributed by atoms with Crippen molar-refractivity contribution in [2.75, 3.05) is 7.11 Å². The number of aryl methyl sites for hydroxylation is 1. The average Bonchev–Trinajstić information content (AvgIpc) is 2.81. The van der Waals surface area contributed by atoms with E-state index in [9.17, 15) is 14.4 Å². The van der Waals surface area contributed by atoms with Gasteiger partial charge in [-0.05, 0) is 13.0 Å². The van der Waals surface area contributed by atoms with Crippen LogP contribution in [0.25, 0.3) is 10.9 Å². The first-order valence-electron chi connectivity index (χ1n) is 6.05. The minimum Gasteiger partial charge on any atom is -0.463 e. The summed E-state index contributed by atoms with van der Waals surface area (Å²) in [7, 11) is 2.82. The summed E-state index contributed by atoms with van der Waals surface area (Å²) in [5.41, 5.74) is 0.974. The molecule has 6 nitrogen and oxygen atoms in total. The van der Waals surface area contributed by atoms with E-state index < -0.39 is 23.5 Å². The third kappa shape index (κ3) is 2.20. The molecule has 0 bridgehead atoms. The van der Waals surface area contributed by atoms with Crippen LogP contribution in [-0.4, -0.2) is 34.4 Å². The SMILES string of the molecule is COC(=O)C(=O)C(C)C(=O)c1nn(C)c2ccccc12. The van der Waals surface area contributed by atoms with E-state index in [0.29, 0.717) is 5.39 Å². The maximum atomic E-state index is 12.3. The van der Waals surface area contributed by atoms with E-state index in [1.54, 1.807) is 23.9 Å². The van der Waals surface area contributed by atoms with Crippen LogP contribution in [0, 0.1) is 5.92 Å². The molecule has 0 aliphatic heterocycles. The molecule has 0 aliphatic rings. The Kier molecular flexibility index (Phi) is 3.65. The number of Topliss-reactive ketones (excluding diaryl/α,β-unsaturated/α-hetero) is 2. The molecular formula is C14H14N2O4. The third-order valence-corrected chi connectivity index (χ3v) is 3.16. The summed E-state index contributed by atoms with van der Waals surface area (Å²) in [5, 5.41) is 4.80. The Bertz CT molecular complexity index is 702. The van der Waals surface area contributed by atoms with Gasteiger partial charge in [0, 0.05) is 12.4 Å².